The number of nitrogens with one attached hydrogen (secondary N) is 2. The van der Waals surface area contributed by atoms with E-state index in [1.807, 2.05) is 32.0 Å². The van der Waals surface area contributed by atoms with Gasteiger partial charge in [-0.1, -0.05) is 11.6 Å². The number of nitrogens with zero attached hydrogens (tertiary/aromatic N) is 1. The SMILES string of the molecule is CCOc1ccc(C)cc1/C=C\C(=O)Nc1sc2c(c1C#N)CCNC2. The summed E-state index contributed by atoms with van der Waals surface area (Å²) in [6, 6.07) is 8.10. The number of thiophene rings is 1. The number of amides is 1. The summed E-state index contributed by atoms with van der Waals surface area (Å²) in [6.45, 7) is 6.10. The normalized spacial score (nSPS) is 13.3. The Kier molecular flexibility index (Phi) is 5.71. The molecule has 1 amide bonds. The zero-order chi connectivity index (χ0) is 18.5. The predicted molar refractivity (Wildman–Crippen MR) is 104 cm³/mol. The molecule has 1 aliphatic rings. The van der Waals surface area contributed by atoms with Crippen molar-refractivity contribution in [2.45, 2.75) is 26.8 Å². The Morgan fingerprint density at radius 1 is 1.50 bits per heavy atom. The molecular formula is C20H21N3O2S. The lowest BCUT2D eigenvalue weighted by atomic mass is 10.1. The second-order valence-electron chi connectivity index (χ2n) is 6.04. The van der Waals surface area contributed by atoms with E-state index in [4.69, 9.17) is 4.74 Å². The van der Waals surface area contributed by atoms with Crippen molar-refractivity contribution in [3.05, 3.63) is 51.4 Å². The van der Waals surface area contributed by atoms with Crippen molar-refractivity contribution in [2.24, 2.45) is 0 Å². The van der Waals surface area contributed by atoms with E-state index in [-0.39, 0.29) is 5.91 Å². The number of nitriles is 1. The van der Waals surface area contributed by atoms with E-state index in [0.29, 0.717) is 17.2 Å². The first kappa shape index (κ1) is 18.2. The summed E-state index contributed by atoms with van der Waals surface area (Å²) in [5.41, 5.74) is 3.61. The number of hydrogen-bond acceptors (Lipinski definition) is 5. The molecule has 26 heavy (non-hydrogen) atoms. The van der Waals surface area contributed by atoms with E-state index in [1.54, 1.807) is 6.08 Å². The van der Waals surface area contributed by atoms with E-state index < -0.39 is 0 Å². The fourth-order valence-corrected chi connectivity index (χ4v) is 4.12. The number of aryl methyl sites for hydroxylation is 1. The van der Waals surface area contributed by atoms with Gasteiger partial charge in [0.05, 0.1) is 12.2 Å². The molecule has 0 aliphatic carbocycles. The van der Waals surface area contributed by atoms with E-state index in [2.05, 4.69) is 16.7 Å². The zero-order valence-electron chi connectivity index (χ0n) is 14.9. The van der Waals surface area contributed by atoms with Crippen LogP contribution in [-0.2, 0) is 17.8 Å². The minimum absolute atomic E-state index is 0.253. The van der Waals surface area contributed by atoms with Crippen molar-refractivity contribution in [3.8, 4) is 11.8 Å². The van der Waals surface area contributed by atoms with Crippen LogP contribution in [0.2, 0.25) is 0 Å². The Bertz CT molecular complexity index is 893. The average molecular weight is 367 g/mol. The van der Waals surface area contributed by atoms with Crippen LogP contribution in [0.25, 0.3) is 6.08 Å². The van der Waals surface area contributed by atoms with Crippen molar-refractivity contribution in [2.75, 3.05) is 18.5 Å². The fraction of sp³-hybridized carbons (Fsp3) is 0.300. The summed E-state index contributed by atoms with van der Waals surface area (Å²) in [7, 11) is 0. The Morgan fingerprint density at radius 2 is 2.35 bits per heavy atom. The maximum Gasteiger partial charge on any atom is 0.249 e. The number of benzene rings is 1. The smallest absolute Gasteiger partial charge is 0.249 e. The number of rotatable bonds is 5. The molecule has 1 aromatic carbocycles. The van der Waals surface area contributed by atoms with E-state index in [1.165, 1.54) is 17.4 Å². The Labute approximate surface area is 157 Å². The summed E-state index contributed by atoms with van der Waals surface area (Å²) in [5.74, 6) is 0.495. The van der Waals surface area contributed by atoms with Crippen molar-refractivity contribution < 1.29 is 9.53 Å². The lowest BCUT2D eigenvalue weighted by Gasteiger charge is -2.11. The second-order valence-corrected chi connectivity index (χ2v) is 7.15. The van der Waals surface area contributed by atoms with Crippen LogP contribution in [-0.4, -0.2) is 19.1 Å². The fourth-order valence-electron chi connectivity index (χ4n) is 2.95. The number of carbonyl (C=O) groups excluding carboxylic acids is 1. The van der Waals surface area contributed by atoms with Crippen LogP contribution < -0.4 is 15.4 Å². The Hall–Kier alpha value is -2.62. The van der Waals surface area contributed by atoms with Crippen LogP contribution in [0.1, 0.15) is 34.1 Å². The molecule has 0 radical (unpaired) electrons. The summed E-state index contributed by atoms with van der Waals surface area (Å²) >= 11 is 1.47. The minimum atomic E-state index is -0.253. The highest BCUT2D eigenvalue weighted by molar-refractivity contribution is 7.16. The van der Waals surface area contributed by atoms with Gasteiger partial charge in [0, 0.05) is 23.1 Å². The summed E-state index contributed by atoms with van der Waals surface area (Å²) in [4.78, 5) is 13.5. The van der Waals surface area contributed by atoms with E-state index >= 15 is 0 Å². The summed E-state index contributed by atoms with van der Waals surface area (Å²) in [5, 5.41) is 16.2. The van der Waals surface area contributed by atoms with Crippen molar-refractivity contribution in [3.63, 3.8) is 0 Å². The van der Waals surface area contributed by atoms with Crippen LogP contribution in [0.15, 0.2) is 24.3 Å². The monoisotopic (exact) mass is 367 g/mol. The maximum absolute atomic E-state index is 12.4. The number of fused-ring (bicyclic) bond motifs is 1. The molecule has 6 heteroatoms. The van der Waals surface area contributed by atoms with Gasteiger partial charge in [0.2, 0.25) is 5.91 Å². The molecule has 0 atom stereocenters. The lowest BCUT2D eigenvalue weighted by molar-refractivity contribution is -0.111. The van der Waals surface area contributed by atoms with Gasteiger partial charge in [0.25, 0.3) is 0 Å². The molecule has 2 aromatic rings. The van der Waals surface area contributed by atoms with Crippen molar-refractivity contribution >= 4 is 28.3 Å². The maximum atomic E-state index is 12.4. The first-order valence-electron chi connectivity index (χ1n) is 8.60. The standard InChI is InChI=1S/C20H21N3O2S/c1-3-25-17-6-4-13(2)10-14(17)5-7-19(24)23-20-16(11-21)15-8-9-22-12-18(15)26-20/h4-7,10,22H,3,8-9,12H2,1-2H3,(H,23,24)/b7-5-. The van der Waals surface area contributed by atoms with Crippen LogP contribution in [0.3, 0.4) is 0 Å². The average Bonchev–Trinajstić information content (AvgIpc) is 2.98. The Morgan fingerprint density at radius 3 is 3.12 bits per heavy atom. The molecule has 1 aromatic heterocycles. The molecular weight excluding hydrogens is 346 g/mol. The third kappa shape index (κ3) is 3.96. The quantitative estimate of drug-likeness (QED) is 0.792. The van der Waals surface area contributed by atoms with Gasteiger partial charge in [-0.3, -0.25) is 4.79 Å². The van der Waals surface area contributed by atoms with Crippen LogP contribution in [0, 0.1) is 18.3 Å². The third-order valence-electron chi connectivity index (χ3n) is 4.16. The summed E-state index contributed by atoms with van der Waals surface area (Å²) < 4.78 is 5.60. The van der Waals surface area contributed by atoms with Crippen LogP contribution in [0.5, 0.6) is 5.75 Å². The van der Waals surface area contributed by atoms with Gasteiger partial charge in [-0.05, 0) is 50.6 Å². The second kappa shape index (κ2) is 8.17. The number of anilines is 1. The van der Waals surface area contributed by atoms with E-state index in [0.717, 1.165) is 46.8 Å². The highest BCUT2D eigenvalue weighted by Crippen LogP contribution is 2.34. The van der Waals surface area contributed by atoms with Crippen LogP contribution in [0.4, 0.5) is 5.00 Å². The van der Waals surface area contributed by atoms with Gasteiger partial charge in [0.1, 0.15) is 16.8 Å². The molecule has 0 spiro atoms. The molecule has 1 aliphatic heterocycles. The molecule has 5 nitrogen and oxygen atoms in total. The molecule has 3 rings (SSSR count). The van der Waals surface area contributed by atoms with Gasteiger partial charge >= 0.3 is 0 Å². The molecule has 0 saturated heterocycles. The summed E-state index contributed by atoms with van der Waals surface area (Å²) in [6.07, 6.45) is 4.05. The molecule has 2 heterocycles. The number of carbonyl (C=O) groups is 1. The Balaban J connectivity index is 1.78. The first-order valence-corrected chi connectivity index (χ1v) is 9.42. The topological polar surface area (TPSA) is 74.1 Å². The van der Waals surface area contributed by atoms with Gasteiger partial charge in [-0.25, -0.2) is 0 Å². The van der Waals surface area contributed by atoms with Gasteiger partial charge in [-0.2, -0.15) is 5.26 Å². The molecule has 0 saturated carbocycles. The highest BCUT2D eigenvalue weighted by Gasteiger charge is 2.21. The molecule has 2 N–H and O–H groups in total. The predicted octanol–water partition coefficient (Wildman–Crippen LogP) is 3.62. The lowest BCUT2D eigenvalue weighted by Crippen LogP contribution is -2.22. The van der Waals surface area contributed by atoms with Crippen molar-refractivity contribution in [1.82, 2.24) is 5.32 Å². The van der Waals surface area contributed by atoms with Crippen molar-refractivity contribution in [1.29, 1.82) is 5.26 Å². The van der Waals surface area contributed by atoms with Gasteiger partial charge < -0.3 is 15.4 Å². The molecule has 0 unspecified atom stereocenters. The largest absolute Gasteiger partial charge is 0.493 e. The minimum Gasteiger partial charge on any atom is -0.493 e. The zero-order valence-corrected chi connectivity index (χ0v) is 15.7. The van der Waals surface area contributed by atoms with Gasteiger partial charge in [-0.15, -0.1) is 11.3 Å². The van der Waals surface area contributed by atoms with Gasteiger partial charge in [0.15, 0.2) is 0 Å². The highest BCUT2D eigenvalue weighted by atomic mass is 32.1. The van der Waals surface area contributed by atoms with E-state index in [9.17, 15) is 10.1 Å². The molecule has 0 bridgehead atoms. The number of hydrogen-bond donors (Lipinski definition) is 2. The number of ether oxygens (including phenoxy) is 1. The third-order valence-corrected chi connectivity index (χ3v) is 5.30. The molecule has 134 valence electrons. The van der Waals surface area contributed by atoms with Crippen LogP contribution >= 0.6 is 11.3 Å². The molecule has 0 fully saturated rings. The first-order chi connectivity index (χ1) is 12.6.